The Hall–Kier alpha value is -1.06. The summed E-state index contributed by atoms with van der Waals surface area (Å²) in [5.41, 5.74) is 4.89. The van der Waals surface area contributed by atoms with Gasteiger partial charge >= 0.3 is 6.03 Å². The highest BCUT2D eigenvalue weighted by Crippen LogP contribution is 1.89. The molecular weight excluding hydrogens is 106 g/mol. The topological polar surface area (TPSA) is 58.7 Å². The van der Waals surface area contributed by atoms with Crippen LogP contribution in [0, 0.1) is 0 Å². The Kier molecular flexibility index (Phi) is 1.15. The van der Waals surface area contributed by atoms with Gasteiger partial charge < -0.3 is 5.73 Å². The van der Waals surface area contributed by atoms with E-state index in [0.29, 0.717) is 13.1 Å². The molecule has 0 aromatic carbocycles. The zero-order valence-corrected chi connectivity index (χ0v) is 4.37. The minimum absolute atomic E-state index is 0.425. The number of hydrogen-bond donors (Lipinski definition) is 1. The third kappa shape index (κ3) is 0.776. The van der Waals surface area contributed by atoms with Crippen LogP contribution in [-0.4, -0.2) is 30.4 Å². The van der Waals surface area contributed by atoms with E-state index >= 15 is 0 Å². The van der Waals surface area contributed by atoms with Crippen molar-refractivity contribution >= 4 is 12.4 Å². The average Bonchev–Trinajstić information content (AvgIpc) is 2.12. The molecule has 0 saturated carbocycles. The lowest BCUT2D eigenvalue weighted by molar-refractivity contribution is 0.233. The van der Waals surface area contributed by atoms with Gasteiger partial charge in [-0.25, -0.2) is 4.79 Å². The van der Waals surface area contributed by atoms with Gasteiger partial charge in [0.05, 0.1) is 12.9 Å². The SMILES string of the molecule is NC(=O)N1C=NCC1. The van der Waals surface area contributed by atoms with Crippen LogP contribution in [0.15, 0.2) is 4.99 Å². The van der Waals surface area contributed by atoms with E-state index in [-0.39, 0.29) is 0 Å². The van der Waals surface area contributed by atoms with E-state index in [9.17, 15) is 4.79 Å². The Labute approximate surface area is 47.0 Å². The van der Waals surface area contributed by atoms with Crippen LogP contribution >= 0.6 is 0 Å². The lowest BCUT2D eigenvalue weighted by atomic mass is 10.6. The molecule has 0 spiro atoms. The Bertz CT molecular complexity index is 131. The summed E-state index contributed by atoms with van der Waals surface area (Å²) in [6.45, 7) is 1.32. The fraction of sp³-hybridized carbons (Fsp3) is 0.500. The molecule has 8 heavy (non-hydrogen) atoms. The van der Waals surface area contributed by atoms with Crippen molar-refractivity contribution in [3.63, 3.8) is 0 Å². The van der Waals surface area contributed by atoms with Crippen LogP contribution in [0.25, 0.3) is 0 Å². The maximum Gasteiger partial charge on any atom is 0.320 e. The molecule has 44 valence electrons. The van der Waals surface area contributed by atoms with E-state index < -0.39 is 6.03 Å². The predicted octanol–water partition coefficient (Wildman–Crippen LogP) is -0.591. The van der Waals surface area contributed by atoms with Gasteiger partial charge in [-0.1, -0.05) is 0 Å². The predicted molar refractivity (Wildman–Crippen MR) is 29.6 cm³/mol. The van der Waals surface area contributed by atoms with Crippen LogP contribution in [0.2, 0.25) is 0 Å². The Balaban J connectivity index is 2.48. The van der Waals surface area contributed by atoms with E-state index in [4.69, 9.17) is 5.73 Å². The van der Waals surface area contributed by atoms with Gasteiger partial charge in [0.2, 0.25) is 0 Å². The quantitative estimate of drug-likeness (QED) is 0.448. The zero-order chi connectivity index (χ0) is 5.98. The number of nitrogens with two attached hydrogens (primary N) is 1. The molecule has 4 nitrogen and oxygen atoms in total. The monoisotopic (exact) mass is 113 g/mol. The zero-order valence-electron chi connectivity index (χ0n) is 4.37. The van der Waals surface area contributed by atoms with Crippen molar-refractivity contribution in [3.8, 4) is 0 Å². The van der Waals surface area contributed by atoms with Crippen molar-refractivity contribution in [2.45, 2.75) is 0 Å². The summed E-state index contributed by atoms with van der Waals surface area (Å²) in [7, 11) is 0. The van der Waals surface area contributed by atoms with Gasteiger partial charge in [0, 0.05) is 6.54 Å². The lowest BCUT2D eigenvalue weighted by Gasteiger charge is -2.04. The Morgan fingerprint density at radius 3 is 2.88 bits per heavy atom. The fourth-order valence-corrected chi connectivity index (χ4v) is 0.547. The smallest absolute Gasteiger partial charge is 0.320 e. The van der Waals surface area contributed by atoms with Gasteiger partial charge in [0.25, 0.3) is 0 Å². The first-order valence-electron chi connectivity index (χ1n) is 2.37. The Morgan fingerprint density at radius 2 is 2.62 bits per heavy atom. The number of urea groups is 1. The lowest BCUT2D eigenvalue weighted by Crippen LogP contribution is -2.32. The van der Waals surface area contributed by atoms with Crippen LogP contribution in [0.1, 0.15) is 0 Å². The Morgan fingerprint density at radius 1 is 1.88 bits per heavy atom. The van der Waals surface area contributed by atoms with Crippen LogP contribution in [0.3, 0.4) is 0 Å². The molecular formula is C4H7N3O. The van der Waals surface area contributed by atoms with Crippen molar-refractivity contribution in [1.82, 2.24) is 4.90 Å². The van der Waals surface area contributed by atoms with Gasteiger partial charge in [-0.15, -0.1) is 0 Å². The number of rotatable bonds is 0. The summed E-state index contributed by atoms with van der Waals surface area (Å²) < 4.78 is 0. The van der Waals surface area contributed by atoms with Gasteiger partial charge in [-0.3, -0.25) is 9.89 Å². The van der Waals surface area contributed by atoms with Gasteiger partial charge in [0.15, 0.2) is 0 Å². The number of nitrogens with zero attached hydrogens (tertiary/aromatic N) is 2. The molecule has 4 heteroatoms. The molecule has 0 aromatic heterocycles. The molecule has 0 unspecified atom stereocenters. The van der Waals surface area contributed by atoms with Crippen LogP contribution in [0.5, 0.6) is 0 Å². The van der Waals surface area contributed by atoms with Crippen molar-refractivity contribution in [2.75, 3.05) is 13.1 Å². The first-order valence-corrected chi connectivity index (χ1v) is 2.37. The maximum atomic E-state index is 10.3. The second kappa shape index (κ2) is 1.81. The van der Waals surface area contributed by atoms with Crippen LogP contribution in [-0.2, 0) is 0 Å². The minimum atomic E-state index is -0.425. The van der Waals surface area contributed by atoms with E-state index in [1.807, 2.05) is 0 Å². The highest BCUT2D eigenvalue weighted by atomic mass is 16.2. The molecule has 0 bridgehead atoms. The molecule has 2 amide bonds. The highest BCUT2D eigenvalue weighted by Gasteiger charge is 2.08. The molecule has 0 saturated heterocycles. The number of carbonyl (C=O) groups is 1. The van der Waals surface area contributed by atoms with Crippen molar-refractivity contribution in [3.05, 3.63) is 0 Å². The van der Waals surface area contributed by atoms with Crippen LogP contribution in [0.4, 0.5) is 4.79 Å². The third-order valence-corrected chi connectivity index (χ3v) is 0.974. The average molecular weight is 113 g/mol. The molecule has 1 aliphatic rings. The first-order chi connectivity index (χ1) is 3.80. The molecule has 0 fully saturated rings. The normalized spacial score (nSPS) is 17.2. The summed E-state index contributed by atoms with van der Waals surface area (Å²) in [4.78, 5) is 15.4. The standard InChI is InChI=1S/C4H7N3O/c5-4(8)7-2-1-6-3-7/h3H,1-2H2,(H2,5,8). The number of primary amides is 1. The number of carbonyl (C=O) groups excluding carboxylic acids is 1. The minimum Gasteiger partial charge on any atom is -0.351 e. The number of aliphatic imine (C=N–C) groups is 1. The van der Waals surface area contributed by atoms with E-state index in [2.05, 4.69) is 4.99 Å². The van der Waals surface area contributed by atoms with E-state index in [1.165, 1.54) is 11.2 Å². The van der Waals surface area contributed by atoms with Gasteiger partial charge in [-0.2, -0.15) is 0 Å². The molecule has 2 N–H and O–H groups in total. The molecule has 0 radical (unpaired) electrons. The summed E-state index contributed by atoms with van der Waals surface area (Å²) in [6, 6.07) is -0.425. The largest absolute Gasteiger partial charge is 0.351 e. The summed E-state index contributed by atoms with van der Waals surface area (Å²) in [6.07, 6.45) is 1.46. The maximum absolute atomic E-state index is 10.3. The molecule has 0 atom stereocenters. The third-order valence-electron chi connectivity index (χ3n) is 0.974. The first kappa shape index (κ1) is 5.08. The summed E-state index contributed by atoms with van der Waals surface area (Å²) >= 11 is 0. The molecule has 0 aliphatic carbocycles. The summed E-state index contributed by atoms with van der Waals surface area (Å²) in [5.74, 6) is 0. The second-order valence-electron chi connectivity index (χ2n) is 1.55. The van der Waals surface area contributed by atoms with Crippen molar-refractivity contribution in [1.29, 1.82) is 0 Å². The number of hydrogen-bond acceptors (Lipinski definition) is 2. The second-order valence-corrected chi connectivity index (χ2v) is 1.55. The highest BCUT2D eigenvalue weighted by molar-refractivity contribution is 5.85. The number of amides is 2. The van der Waals surface area contributed by atoms with E-state index in [0.717, 1.165) is 0 Å². The molecule has 1 rings (SSSR count). The fourth-order valence-electron chi connectivity index (χ4n) is 0.547. The molecule has 0 aromatic rings. The molecule has 1 heterocycles. The van der Waals surface area contributed by atoms with Gasteiger partial charge in [0.1, 0.15) is 0 Å². The van der Waals surface area contributed by atoms with Crippen LogP contribution < -0.4 is 5.73 Å². The summed E-state index contributed by atoms with van der Waals surface area (Å²) in [5, 5.41) is 0. The van der Waals surface area contributed by atoms with E-state index in [1.54, 1.807) is 0 Å². The molecule has 1 aliphatic heterocycles. The van der Waals surface area contributed by atoms with Crippen molar-refractivity contribution < 1.29 is 4.79 Å². The van der Waals surface area contributed by atoms with Gasteiger partial charge in [-0.05, 0) is 0 Å². The van der Waals surface area contributed by atoms with Crippen molar-refractivity contribution in [2.24, 2.45) is 10.7 Å².